The summed E-state index contributed by atoms with van der Waals surface area (Å²) in [5.41, 5.74) is 1.19. The molecule has 1 aromatic carbocycles. The van der Waals surface area contributed by atoms with Crippen molar-refractivity contribution in [3.63, 3.8) is 0 Å². The van der Waals surface area contributed by atoms with Crippen LogP contribution in [0.2, 0.25) is 0 Å². The summed E-state index contributed by atoms with van der Waals surface area (Å²) in [5, 5.41) is 6.50. The molecule has 111 valence electrons. The number of benzene rings is 1. The minimum atomic E-state index is 0. The Kier molecular flexibility index (Phi) is 20.5. The molecule has 0 aliphatic heterocycles. The molecule has 0 spiro atoms. The van der Waals surface area contributed by atoms with E-state index >= 15 is 0 Å². The third-order valence-corrected chi connectivity index (χ3v) is 2.14. The molecule has 2 rings (SSSR count). The van der Waals surface area contributed by atoms with Gasteiger partial charge in [-0.3, -0.25) is 0 Å². The number of hydrogen-bond acceptors (Lipinski definition) is 3. The summed E-state index contributed by atoms with van der Waals surface area (Å²) >= 11 is 0. The Hall–Kier alpha value is -0.0687. The summed E-state index contributed by atoms with van der Waals surface area (Å²) < 4.78 is 4.89. The van der Waals surface area contributed by atoms with Gasteiger partial charge in [0, 0.05) is 15.5 Å². The summed E-state index contributed by atoms with van der Waals surface area (Å²) in [5.74, 6) is 0.877. The van der Waals surface area contributed by atoms with Crippen molar-refractivity contribution in [1.82, 2.24) is 5.16 Å². The van der Waals surface area contributed by atoms with Gasteiger partial charge < -0.3 is 9.84 Å². The van der Waals surface area contributed by atoms with Gasteiger partial charge in [-0.25, -0.2) is 5.16 Å². The molecule has 0 unspecified atom stereocenters. The molecule has 0 fully saturated rings. The second kappa shape index (κ2) is 14.9. The van der Waals surface area contributed by atoms with Crippen molar-refractivity contribution in [3.05, 3.63) is 48.4 Å². The average molecular weight is 312 g/mol. The quantitative estimate of drug-likeness (QED) is 0.635. The van der Waals surface area contributed by atoms with Crippen molar-refractivity contribution < 1.29 is 55.9 Å². The van der Waals surface area contributed by atoms with Gasteiger partial charge in [0.1, 0.15) is 0 Å². The molecule has 0 saturated heterocycles. The van der Waals surface area contributed by atoms with E-state index in [1.54, 1.807) is 6.07 Å². The van der Waals surface area contributed by atoms with Crippen molar-refractivity contribution in [1.29, 1.82) is 0 Å². The minimum absolute atomic E-state index is 0. The van der Waals surface area contributed by atoms with Crippen LogP contribution < -0.4 is 56.7 Å². The number of rotatable bonds is 1. The summed E-state index contributed by atoms with van der Waals surface area (Å²) in [6.45, 7) is 6.21. The zero-order valence-electron chi connectivity index (χ0n) is 12.3. The smallest absolute Gasteiger partial charge is 0.470 e. The molecule has 1 heterocycles. The van der Waals surface area contributed by atoms with Crippen molar-refractivity contribution in [2.45, 2.75) is 41.0 Å². The fourth-order valence-corrected chi connectivity index (χ4v) is 1.09. The van der Waals surface area contributed by atoms with Crippen molar-refractivity contribution in [3.8, 4) is 0 Å². The van der Waals surface area contributed by atoms with E-state index in [1.165, 1.54) is 0 Å². The monoisotopic (exact) mass is 312 g/mol. The van der Waals surface area contributed by atoms with E-state index in [9.17, 15) is 0 Å². The Morgan fingerprint density at radius 1 is 1.14 bits per heavy atom. The maximum absolute atomic E-state index is 4.89. The van der Waals surface area contributed by atoms with Crippen LogP contribution in [-0.4, -0.2) is 20.6 Å². The van der Waals surface area contributed by atoms with Gasteiger partial charge in [0.15, 0.2) is 0 Å². The largest absolute Gasteiger partial charge is 1.00 e. The van der Waals surface area contributed by atoms with Crippen LogP contribution in [-0.2, 0) is 5.41 Å². The Morgan fingerprint density at radius 3 is 1.90 bits per heavy atom. The van der Waals surface area contributed by atoms with Crippen LogP contribution in [0.5, 0.6) is 0 Å². The zero-order chi connectivity index (χ0) is 12.7. The maximum atomic E-state index is 4.89. The van der Waals surface area contributed by atoms with Crippen molar-refractivity contribution in [2.24, 2.45) is 0 Å². The maximum Gasteiger partial charge on any atom is 1.00 e. The van der Waals surface area contributed by atoms with Gasteiger partial charge in [-0.15, -0.1) is 18.3 Å². The third-order valence-electron chi connectivity index (χ3n) is 2.14. The van der Waals surface area contributed by atoms with Crippen LogP contribution in [0, 0.1) is 12.3 Å². The van der Waals surface area contributed by atoms with Crippen LogP contribution in [0.3, 0.4) is 0 Å². The van der Waals surface area contributed by atoms with Gasteiger partial charge >= 0.3 is 51.4 Å². The van der Waals surface area contributed by atoms with Gasteiger partial charge in [0.25, 0.3) is 0 Å². The Bertz CT molecular complexity index is 414. The third kappa shape index (κ3) is 12.2. The first-order valence-electron chi connectivity index (χ1n) is 5.51. The number of nitrogens with zero attached hydrogens (tertiary/aromatic N) is 1. The minimum Gasteiger partial charge on any atom is -0.470 e. The molecule has 0 aliphatic rings. The topological polar surface area (TPSA) is 38.1 Å². The van der Waals surface area contributed by atoms with E-state index in [4.69, 9.17) is 4.52 Å². The predicted molar refractivity (Wildman–Crippen MR) is 88.1 cm³/mol. The molecule has 2 aromatic rings. The van der Waals surface area contributed by atoms with Crippen LogP contribution in [0.15, 0.2) is 34.9 Å². The normalized spacial score (nSPS) is 8.38. The van der Waals surface area contributed by atoms with E-state index in [0.717, 1.165) is 11.4 Å². The van der Waals surface area contributed by atoms with Gasteiger partial charge in [0.2, 0.25) is 0 Å². The molecule has 3 radical (unpaired) electrons. The Balaban J connectivity index is -0.000000116. The first kappa shape index (κ1) is 29.0. The van der Waals surface area contributed by atoms with E-state index in [-0.39, 0.29) is 80.1 Å². The van der Waals surface area contributed by atoms with E-state index in [2.05, 4.69) is 43.5 Å². The molecule has 1 aromatic heterocycles. The zero-order valence-corrected chi connectivity index (χ0v) is 15.4. The average Bonchev–Trinajstić information content (AvgIpc) is 2.84. The predicted octanol–water partition coefficient (Wildman–Crippen LogP) is 1.20. The molecule has 0 bridgehead atoms. The summed E-state index contributed by atoms with van der Waals surface area (Å²) in [6.07, 6.45) is 2.62. The molecular formula is C16H26BKN2O-. The van der Waals surface area contributed by atoms with Crippen molar-refractivity contribution >= 4 is 14.1 Å². The fraction of sp³-hybridized carbons (Fsp3) is 0.438. The van der Waals surface area contributed by atoms with Gasteiger partial charge in [-0.2, -0.15) is 24.3 Å². The number of aromatic nitrogens is 1. The second-order valence-corrected chi connectivity index (χ2v) is 4.61. The first-order chi connectivity index (χ1) is 8.04. The first-order valence-corrected chi connectivity index (χ1v) is 5.51. The molecular weight excluding hydrogens is 286 g/mol. The van der Waals surface area contributed by atoms with Crippen LogP contribution in [0.1, 0.15) is 41.4 Å². The molecule has 1 N–H and O–H groups in total. The van der Waals surface area contributed by atoms with Crippen LogP contribution in [0.25, 0.3) is 0 Å². The van der Waals surface area contributed by atoms with Gasteiger partial charge in [-0.05, 0) is 11.2 Å². The Labute approximate surface area is 175 Å². The second-order valence-electron chi connectivity index (χ2n) is 4.61. The molecule has 0 saturated carbocycles. The number of hydrogen-bond donors (Lipinski definition) is 1. The summed E-state index contributed by atoms with van der Waals surface area (Å²) in [6, 6.07) is 12.4. The van der Waals surface area contributed by atoms with E-state index in [0.29, 0.717) is 0 Å². The molecule has 5 heteroatoms. The van der Waals surface area contributed by atoms with E-state index < -0.39 is 0 Å². The van der Waals surface area contributed by atoms with Gasteiger partial charge in [-0.1, -0.05) is 41.3 Å². The van der Waals surface area contributed by atoms with Crippen molar-refractivity contribution in [2.75, 3.05) is 12.4 Å². The fourth-order valence-electron chi connectivity index (χ4n) is 1.09. The molecule has 21 heavy (non-hydrogen) atoms. The molecule has 0 aliphatic carbocycles. The Morgan fingerprint density at radius 2 is 1.67 bits per heavy atom. The summed E-state index contributed by atoms with van der Waals surface area (Å²) in [4.78, 5) is 0. The van der Waals surface area contributed by atoms with Crippen LogP contribution >= 0.6 is 0 Å². The number of nitrogens with one attached hydrogen (secondary N) is 1. The standard InChI is InChI=1S/C7H10NO.C7H8N.2CH4.B.K/c1-7(2,3)6-4-5-8-9-6;1-8-7-5-3-2-4-6-7;;;;/h4H,1-3H3;3-6,8H,1H3;2*1H4;;/q2*-1;;;;+1. The molecule has 3 nitrogen and oxygen atoms in total. The summed E-state index contributed by atoms with van der Waals surface area (Å²) in [7, 11) is 1.90. The SMILES string of the molecule is C.C.CC(C)(C)c1c[c-]no1.CNc1cc[c-]cc1.[B].[K+]. The molecule has 0 amide bonds. The van der Waals surface area contributed by atoms with E-state index in [1.807, 2.05) is 31.3 Å². The number of anilines is 1. The molecule has 0 atom stereocenters. The van der Waals surface area contributed by atoms with Crippen LogP contribution in [0.4, 0.5) is 5.69 Å². The van der Waals surface area contributed by atoms with Gasteiger partial charge in [0.05, 0.1) is 0 Å².